The third-order valence-corrected chi connectivity index (χ3v) is 5.10. The van der Waals surface area contributed by atoms with E-state index in [-0.39, 0.29) is 0 Å². The highest BCUT2D eigenvalue weighted by molar-refractivity contribution is 4.84. The number of hydrogen-bond donors (Lipinski definition) is 1. The summed E-state index contributed by atoms with van der Waals surface area (Å²) in [5, 5.41) is 3.90. The van der Waals surface area contributed by atoms with Crippen LogP contribution in [0.25, 0.3) is 0 Å². The fraction of sp³-hybridized carbons (Fsp3) is 1.00. The van der Waals surface area contributed by atoms with Crippen LogP contribution >= 0.6 is 0 Å². The Morgan fingerprint density at radius 1 is 1.00 bits per heavy atom. The summed E-state index contributed by atoms with van der Waals surface area (Å²) in [6, 6.07) is 1.54. The molecule has 2 rings (SSSR count). The van der Waals surface area contributed by atoms with Crippen molar-refractivity contribution >= 4 is 0 Å². The second-order valence-corrected chi connectivity index (χ2v) is 8.01. The molecule has 0 aromatic rings. The summed E-state index contributed by atoms with van der Waals surface area (Å²) in [5.41, 5.74) is 0.508. The van der Waals surface area contributed by atoms with Gasteiger partial charge < -0.3 is 5.32 Å². The standard InChI is InChI=1S/C17H33N/c1-13(12-14-8-9-14)18-16-7-5-6-15(10-11-16)17(2,3)4/h13-16,18H,5-12H2,1-4H3. The topological polar surface area (TPSA) is 12.0 Å². The second-order valence-electron chi connectivity index (χ2n) is 8.01. The molecule has 1 N–H and O–H groups in total. The number of hydrogen-bond acceptors (Lipinski definition) is 1. The minimum atomic E-state index is 0.508. The van der Waals surface area contributed by atoms with Gasteiger partial charge in [0.2, 0.25) is 0 Å². The van der Waals surface area contributed by atoms with Crippen LogP contribution in [-0.4, -0.2) is 12.1 Å². The van der Waals surface area contributed by atoms with Crippen LogP contribution in [0.4, 0.5) is 0 Å². The second kappa shape index (κ2) is 5.94. The van der Waals surface area contributed by atoms with Gasteiger partial charge in [-0.3, -0.25) is 0 Å². The fourth-order valence-corrected chi connectivity index (χ4v) is 3.66. The Kier molecular flexibility index (Phi) is 4.75. The van der Waals surface area contributed by atoms with E-state index < -0.39 is 0 Å². The molecule has 2 aliphatic carbocycles. The first-order valence-corrected chi connectivity index (χ1v) is 8.21. The monoisotopic (exact) mass is 251 g/mol. The molecule has 0 saturated heterocycles. The van der Waals surface area contributed by atoms with Crippen LogP contribution in [0.3, 0.4) is 0 Å². The van der Waals surface area contributed by atoms with E-state index in [0.29, 0.717) is 5.41 Å². The van der Waals surface area contributed by atoms with Gasteiger partial charge >= 0.3 is 0 Å². The zero-order valence-corrected chi connectivity index (χ0v) is 13.0. The summed E-state index contributed by atoms with van der Waals surface area (Å²) >= 11 is 0. The van der Waals surface area contributed by atoms with Crippen LogP contribution in [0.1, 0.15) is 79.1 Å². The Morgan fingerprint density at radius 3 is 2.33 bits per heavy atom. The van der Waals surface area contributed by atoms with Gasteiger partial charge in [0.15, 0.2) is 0 Å². The van der Waals surface area contributed by atoms with Gasteiger partial charge in [-0.15, -0.1) is 0 Å². The molecule has 106 valence electrons. The molecule has 3 unspecified atom stereocenters. The lowest BCUT2D eigenvalue weighted by molar-refractivity contribution is 0.213. The van der Waals surface area contributed by atoms with Crippen LogP contribution in [-0.2, 0) is 0 Å². The third kappa shape index (κ3) is 4.57. The molecule has 1 heteroatoms. The van der Waals surface area contributed by atoms with E-state index >= 15 is 0 Å². The van der Waals surface area contributed by atoms with Crippen LogP contribution in [0.15, 0.2) is 0 Å². The fourth-order valence-electron chi connectivity index (χ4n) is 3.66. The van der Waals surface area contributed by atoms with Gasteiger partial charge in [-0.25, -0.2) is 0 Å². The lowest BCUT2D eigenvalue weighted by Gasteiger charge is -2.30. The molecule has 0 aliphatic heterocycles. The normalized spacial score (nSPS) is 32.0. The first kappa shape index (κ1) is 14.4. The van der Waals surface area contributed by atoms with Crippen LogP contribution in [0, 0.1) is 17.3 Å². The highest BCUT2D eigenvalue weighted by Gasteiger charge is 2.29. The maximum absolute atomic E-state index is 3.90. The Labute approximate surface area is 114 Å². The smallest absolute Gasteiger partial charge is 0.00696 e. The van der Waals surface area contributed by atoms with Crippen molar-refractivity contribution < 1.29 is 0 Å². The molecule has 0 amide bonds. The van der Waals surface area contributed by atoms with E-state index in [0.717, 1.165) is 23.9 Å². The van der Waals surface area contributed by atoms with Crippen LogP contribution in [0.5, 0.6) is 0 Å². The highest BCUT2D eigenvalue weighted by atomic mass is 14.9. The molecule has 0 aromatic heterocycles. The lowest BCUT2D eigenvalue weighted by atomic mass is 9.76. The van der Waals surface area contributed by atoms with E-state index in [1.54, 1.807) is 0 Å². The van der Waals surface area contributed by atoms with Crippen molar-refractivity contribution in [3.05, 3.63) is 0 Å². The van der Waals surface area contributed by atoms with Gasteiger partial charge in [0.25, 0.3) is 0 Å². The molecule has 3 atom stereocenters. The average Bonchev–Trinajstić information content (AvgIpc) is 3.03. The largest absolute Gasteiger partial charge is 0.311 e. The molecular formula is C17H33N. The third-order valence-electron chi connectivity index (χ3n) is 5.10. The molecule has 1 nitrogen and oxygen atoms in total. The minimum Gasteiger partial charge on any atom is -0.311 e. The quantitative estimate of drug-likeness (QED) is 0.710. The summed E-state index contributed by atoms with van der Waals surface area (Å²) < 4.78 is 0. The molecule has 0 heterocycles. The van der Waals surface area contributed by atoms with Crippen molar-refractivity contribution in [3.63, 3.8) is 0 Å². The molecule has 0 bridgehead atoms. The molecule has 2 aliphatic rings. The first-order valence-electron chi connectivity index (χ1n) is 8.21. The molecule has 18 heavy (non-hydrogen) atoms. The Morgan fingerprint density at radius 2 is 1.72 bits per heavy atom. The van der Waals surface area contributed by atoms with E-state index in [1.165, 1.54) is 51.4 Å². The van der Waals surface area contributed by atoms with Crippen LogP contribution in [0.2, 0.25) is 0 Å². The van der Waals surface area contributed by atoms with E-state index in [1.807, 2.05) is 0 Å². The Bertz CT molecular complexity index is 249. The molecule has 2 saturated carbocycles. The Balaban J connectivity index is 1.74. The maximum Gasteiger partial charge on any atom is 0.00696 e. The van der Waals surface area contributed by atoms with Crippen molar-refractivity contribution in [2.24, 2.45) is 17.3 Å². The van der Waals surface area contributed by atoms with E-state index in [2.05, 4.69) is 33.0 Å². The Hall–Kier alpha value is -0.0400. The number of nitrogens with one attached hydrogen (secondary N) is 1. The minimum absolute atomic E-state index is 0.508. The average molecular weight is 251 g/mol. The summed E-state index contributed by atoms with van der Waals surface area (Å²) in [6.45, 7) is 9.65. The van der Waals surface area contributed by atoms with Gasteiger partial charge in [-0.2, -0.15) is 0 Å². The van der Waals surface area contributed by atoms with Gasteiger partial charge in [-0.05, 0) is 56.3 Å². The summed E-state index contributed by atoms with van der Waals surface area (Å²) in [7, 11) is 0. The molecule has 0 radical (unpaired) electrons. The van der Waals surface area contributed by atoms with E-state index in [9.17, 15) is 0 Å². The van der Waals surface area contributed by atoms with Crippen molar-refractivity contribution in [2.45, 2.75) is 91.1 Å². The summed E-state index contributed by atoms with van der Waals surface area (Å²) in [6.07, 6.45) is 11.5. The summed E-state index contributed by atoms with van der Waals surface area (Å²) in [4.78, 5) is 0. The van der Waals surface area contributed by atoms with Crippen molar-refractivity contribution in [2.75, 3.05) is 0 Å². The molecule has 0 aromatic carbocycles. The predicted molar refractivity (Wildman–Crippen MR) is 79.8 cm³/mol. The predicted octanol–water partition coefficient (Wildman–Crippen LogP) is 4.76. The van der Waals surface area contributed by atoms with Gasteiger partial charge in [0.1, 0.15) is 0 Å². The van der Waals surface area contributed by atoms with Gasteiger partial charge in [0, 0.05) is 12.1 Å². The highest BCUT2D eigenvalue weighted by Crippen LogP contribution is 2.37. The maximum atomic E-state index is 3.90. The van der Waals surface area contributed by atoms with Gasteiger partial charge in [-0.1, -0.05) is 40.0 Å². The van der Waals surface area contributed by atoms with Crippen molar-refractivity contribution in [3.8, 4) is 0 Å². The van der Waals surface area contributed by atoms with E-state index in [4.69, 9.17) is 0 Å². The SMILES string of the molecule is CC(CC1CC1)NC1CCCC(C(C)(C)C)CC1. The first-order chi connectivity index (χ1) is 8.45. The van der Waals surface area contributed by atoms with Crippen molar-refractivity contribution in [1.82, 2.24) is 5.32 Å². The van der Waals surface area contributed by atoms with Gasteiger partial charge in [0.05, 0.1) is 0 Å². The lowest BCUT2D eigenvalue weighted by Crippen LogP contribution is -2.36. The van der Waals surface area contributed by atoms with Crippen LogP contribution < -0.4 is 5.32 Å². The molecular weight excluding hydrogens is 218 g/mol. The zero-order chi connectivity index (χ0) is 13.2. The number of rotatable bonds is 4. The zero-order valence-electron chi connectivity index (χ0n) is 13.0. The molecule has 0 spiro atoms. The molecule has 2 fully saturated rings. The van der Waals surface area contributed by atoms with Crippen molar-refractivity contribution in [1.29, 1.82) is 0 Å². The summed E-state index contributed by atoms with van der Waals surface area (Å²) in [5.74, 6) is 1.99.